The van der Waals surface area contributed by atoms with Crippen molar-refractivity contribution in [3.8, 4) is 0 Å². The Bertz CT molecular complexity index is 667. The number of nitrogens with one attached hydrogen (secondary N) is 1. The number of aromatic nitrogens is 1. The van der Waals surface area contributed by atoms with E-state index in [2.05, 4.69) is 42.9 Å². The zero-order valence-corrected chi connectivity index (χ0v) is 16.7. The minimum Gasteiger partial charge on any atom is -0.444 e. The van der Waals surface area contributed by atoms with Crippen LogP contribution in [0.3, 0.4) is 0 Å². The molecule has 1 aliphatic heterocycles. The third-order valence-corrected chi connectivity index (χ3v) is 6.81. The van der Waals surface area contributed by atoms with Gasteiger partial charge in [-0.3, -0.25) is 9.69 Å². The Kier molecular flexibility index (Phi) is 4.41. The van der Waals surface area contributed by atoms with Gasteiger partial charge in [0.25, 0.3) is 0 Å². The van der Waals surface area contributed by atoms with Crippen molar-refractivity contribution in [3.05, 3.63) is 17.8 Å². The van der Waals surface area contributed by atoms with Crippen molar-refractivity contribution in [2.45, 2.75) is 78.3 Å². The lowest BCUT2D eigenvalue weighted by Gasteiger charge is -2.45. The number of likely N-dealkylation sites (tertiary alicyclic amines) is 1. The summed E-state index contributed by atoms with van der Waals surface area (Å²) in [5, 5.41) is 3.38. The van der Waals surface area contributed by atoms with Crippen molar-refractivity contribution in [1.82, 2.24) is 15.2 Å². The summed E-state index contributed by atoms with van der Waals surface area (Å²) >= 11 is 0. The molecular formula is C21H33N3O2. The minimum absolute atomic E-state index is 0.0579. The van der Waals surface area contributed by atoms with Crippen LogP contribution in [-0.2, 0) is 11.3 Å². The highest BCUT2D eigenvalue weighted by molar-refractivity contribution is 5.80. The number of hydrogen-bond acceptors (Lipinski definition) is 4. The number of piperidine rings is 1. The summed E-state index contributed by atoms with van der Waals surface area (Å²) in [4.78, 5) is 19.4. The van der Waals surface area contributed by atoms with Gasteiger partial charge in [-0.05, 0) is 42.9 Å². The first-order valence-corrected chi connectivity index (χ1v) is 10.2. The predicted octanol–water partition coefficient (Wildman–Crippen LogP) is 3.70. The van der Waals surface area contributed by atoms with Crippen molar-refractivity contribution in [2.24, 2.45) is 16.7 Å². The molecule has 26 heavy (non-hydrogen) atoms. The Morgan fingerprint density at radius 1 is 1.38 bits per heavy atom. The van der Waals surface area contributed by atoms with Crippen LogP contribution in [0.15, 0.2) is 10.6 Å². The predicted molar refractivity (Wildman–Crippen MR) is 101 cm³/mol. The first-order chi connectivity index (χ1) is 12.3. The van der Waals surface area contributed by atoms with E-state index in [4.69, 9.17) is 4.42 Å². The average Bonchev–Trinajstić information content (AvgIpc) is 3.20. The third kappa shape index (κ3) is 3.55. The van der Waals surface area contributed by atoms with Gasteiger partial charge >= 0.3 is 0 Å². The molecule has 2 saturated carbocycles. The van der Waals surface area contributed by atoms with E-state index < -0.39 is 0 Å². The van der Waals surface area contributed by atoms with Crippen LogP contribution in [0.25, 0.3) is 0 Å². The van der Waals surface area contributed by atoms with Gasteiger partial charge in [0.15, 0.2) is 0 Å². The molecule has 0 aromatic carbocycles. The molecule has 5 heteroatoms. The topological polar surface area (TPSA) is 58.4 Å². The Hall–Kier alpha value is -1.36. The van der Waals surface area contributed by atoms with Gasteiger partial charge in [-0.2, -0.15) is 0 Å². The van der Waals surface area contributed by atoms with Crippen LogP contribution in [0, 0.1) is 16.7 Å². The molecule has 2 heterocycles. The second-order valence-corrected chi connectivity index (χ2v) is 9.97. The van der Waals surface area contributed by atoms with Crippen LogP contribution in [0.2, 0.25) is 0 Å². The molecule has 1 aromatic rings. The zero-order valence-electron chi connectivity index (χ0n) is 16.7. The number of carbonyl (C=O) groups excluding carboxylic acids is 1. The summed E-state index contributed by atoms with van der Waals surface area (Å²) < 4.78 is 5.86. The number of amides is 1. The van der Waals surface area contributed by atoms with Crippen molar-refractivity contribution >= 4 is 5.91 Å². The summed E-state index contributed by atoms with van der Waals surface area (Å²) in [5.41, 5.74) is 0.647. The van der Waals surface area contributed by atoms with Crippen molar-refractivity contribution < 1.29 is 9.21 Å². The van der Waals surface area contributed by atoms with Crippen LogP contribution in [0.5, 0.6) is 0 Å². The lowest BCUT2D eigenvalue weighted by molar-refractivity contribution is -0.132. The van der Waals surface area contributed by atoms with Crippen LogP contribution < -0.4 is 5.32 Å². The summed E-state index contributed by atoms with van der Waals surface area (Å²) in [7, 11) is 0. The van der Waals surface area contributed by atoms with E-state index in [0.29, 0.717) is 17.2 Å². The molecule has 1 unspecified atom stereocenters. The molecule has 1 saturated heterocycles. The average molecular weight is 360 g/mol. The Balaban J connectivity index is 1.30. The fraction of sp³-hybridized carbons (Fsp3) is 0.810. The van der Waals surface area contributed by atoms with E-state index in [0.717, 1.165) is 50.5 Å². The molecule has 144 valence electrons. The number of nitrogens with zero attached hydrogens (tertiary/aromatic N) is 2. The van der Waals surface area contributed by atoms with E-state index in [1.165, 1.54) is 12.8 Å². The second kappa shape index (κ2) is 6.36. The van der Waals surface area contributed by atoms with Gasteiger partial charge < -0.3 is 9.73 Å². The molecule has 1 N–H and O–H groups in total. The van der Waals surface area contributed by atoms with E-state index in [1.807, 2.05) is 6.20 Å². The number of rotatable bonds is 5. The van der Waals surface area contributed by atoms with Crippen LogP contribution in [0.4, 0.5) is 0 Å². The summed E-state index contributed by atoms with van der Waals surface area (Å²) in [6, 6.07) is 0.262. The Morgan fingerprint density at radius 2 is 2.12 bits per heavy atom. The van der Waals surface area contributed by atoms with E-state index >= 15 is 0 Å². The lowest BCUT2D eigenvalue weighted by atomic mass is 9.71. The minimum atomic E-state index is 0.0579. The highest BCUT2D eigenvalue weighted by atomic mass is 16.4. The van der Waals surface area contributed by atoms with Crippen molar-refractivity contribution in [2.75, 3.05) is 13.1 Å². The zero-order chi connectivity index (χ0) is 18.5. The second-order valence-electron chi connectivity index (χ2n) is 9.97. The molecule has 3 fully saturated rings. The SMILES string of the molecule is CC(C)c1cnc(CN2CCC(NC(=O)C3CC4(CC4)C3)C(C)(C)C2)o1. The molecule has 1 amide bonds. The molecule has 5 nitrogen and oxygen atoms in total. The molecule has 2 aliphatic carbocycles. The molecule has 1 spiro atoms. The maximum Gasteiger partial charge on any atom is 0.223 e. The monoisotopic (exact) mass is 359 g/mol. The fourth-order valence-electron chi connectivity index (χ4n) is 4.77. The number of carbonyl (C=O) groups is 1. The van der Waals surface area contributed by atoms with Gasteiger partial charge in [-0.1, -0.05) is 27.7 Å². The number of oxazole rings is 1. The Labute approximate surface area is 156 Å². The van der Waals surface area contributed by atoms with Crippen LogP contribution in [-0.4, -0.2) is 34.9 Å². The van der Waals surface area contributed by atoms with Crippen LogP contribution in [0.1, 0.15) is 77.4 Å². The highest BCUT2D eigenvalue weighted by Gasteiger charge is 2.55. The molecule has 1 atom stereocenters. The largest absolute Gasteiger partial charge is 0.444 e. The van der Waals surface area contributed by atoms with E-state index in [-0.39, 0.29) is 17.4 Å². The van der Waals surface area contributed by atoms with Gasteiger partial charge in [0.1, 0.15) is 5.76 Å². The first-order valence-electron chi connectivity index (χ1n) is 10.2. The first kappa shape index (κ1) is 18.0. The maximum atomic E-state index is 12.6. The smallest absolute Gasteiger partial charge is 0.223 e. The normalized spacial score (nSPS) is 27.5. The maximum absolute atomic E-state index is 12.6. The molecule has 1 aromatic heterocycles. The van der Waals surface area contributed by atoms with Crippen molar-refractivity contribution in [3.63, 3.8) is 0 Å². The van der Waals surface area contributed by atoms with Gasteiger partial charge in [-0.25, -0.2) is 4.98 Å². The van der Waals surface area contributed by atoms with Crippen molar-refractivity contribution in [1.29, 1.82) is 0 Å². The molecule has 0 bridgehead atoms. The summed E-state index contributed by atoms with van der Waals surface area (Å²) in [6.07, 6.45) is 7.79. The standard InChI is InChI=1S/C21H33N3O2/c1-14(2)16-11-22-18(26-16)12-24-8-5-17(20(3,4)13-24)23-19(25)15-9-21(10-15)6-7-21/h11,14-15,17H,5-10,12-13H2,1-4H3,(H,23,25). The molecular weight excluding hydrogens is 326 g/mol. The summed E-state index contributed by atoms with van der Waals surface area (Å²) in [6.45, 7) is 11.4. The number of hydrogen-bond donors (Lipinski definition) is 1. The fourth-order valence-corrected chi connectivity index (χ4v) is 4.77. The van der Waals surface area contributed by atoms with Gasteiger partial charge in [0, 0.05) is 31.0 Å². The van der Waals surface area contributed by atoms with E-state index in [9.17, 15) is 4.79 Å². The van der Waals surface area contributed by atoms with Crippen LogP contribution >= 0.6 is 0 Å². The quantitative estimate of drug-likeness (QED) is 0.871. The van der Waals surface area contributed by atoms with Gasteiger partial charge in [0.05, 0.1) is 12.7 Å². The molecule has 0 radical (unpaired) electrons. The molecule has 4 rings (SSSR count). The molecule has 3 aliphatic rings. The van der Waals surface area contributed by atoms with Gasteiger partial charge in [-0.15, -0.1) is 0 Å². The lowest BCUT2D eigenvalue weighted by Crippen LogP contribution is -2.57. The highest BCUT2D eigenvalue weighted by Crippen LogP contribution is 2.63. The third-order valence-electron chi connectivity index (χ3n) is 6.81. The van der Waals surface area contributed by atoms with Gasteiger partial charge in [0.2, 0.25) is 11.8 Å². The summed E-state index contributed by atoms with van der Waals surface area (Å²) in [5.74, 6) is 2.69. The Morgan fingerprint density at radius 3 is 2.69 bits per heavy atom. The van der Waals surface area contributed by atoms with E-state index in [1.54, 1.807) is 0 Å².